The first-order valence-electron chi connectivity index (χ1n) is 23.9. The number of aliphatic hydroxyl groups excluding tert-OH is 2. The zero-order chi connectivity index (χ0) is 46.8. The number of carbonyl (C=O) groups excluding carboxylic acids is 2. The maximum absolute atomic E-state index is 12.8. The molecule has 0 aliphatic rings. The fourth-order valence-corrected chi connectivity index (χ4v) is 7.37. The molecule has 1 aromatic rings. The van der Waals surface area contributed by atoms with Crippen LogP contribution in [0.1, 0.15) is 165 Å². The molecule has 0 saturated heterocycles. The van der Waals surface area contributed by atoms with E-state index in [2.05, 4.69) is 64.2 Å². The van der Waals surface area contributed by atoms with Crippen LogP contribution < -0.4 is 0 Å². The number of unbranched alkanes of at least 4 members (excludes halogenated alkanes) is 9. The molecule has 63 heavy (non-hydrogen) atoms. The van der Waals surface area contributed by atoms with Gasteiger partial charge in [-0.05, 0) is 89.2 Å². The number of likely N-dealkylation sites (N-methyl/N-ethyl adjacent to an activating group) is 1. The lowest BCUT2D eigenvalue weighted by Crippen LogP contribution is -2.37. The Bertz CT molecular complexity index is 1530. The molecule has 13 heteroatoms. The number of nitrogens with zero attached hydrogens (tertiary/aromatic N) is 1. The van der Waals surface area contributed by atoms with Gasteiger partial charge >= 0.3 is 19.8 Å². The molecule has 0 aliphatic carbocycles. The minimum absolute atomic E-state index is 0.0227. The molecule has 0 aliphatic heterocycles. The van der Waals surface area contributed by atoms with E-state index in [0.29, 0.717) is 17.4 Å². The molecular weight excluding hydrogens is 822 g/mol. The van der Waals surface area contributed by atoms with Crippen LogP contribution in [-0.2, 0) is 45.5 Å². The molecular formula is C50H87NO11P+. The number of aliphatic hydroxyl groups is 2. The van der Waals surface area contributed by atoms with E-state index < -0.39 is 44.7 Å². The topological polar surface area (TPSA) is 162 Å². The molecule has 3 N–H and O–H groups in total. The fraction of sp³-hybridized carbons (Fsp3) is 0.720. The Hall–Kier alpha value is -2.83. The van der Waals surface area contributed by atoms with E-state index in [4.69, 9.17) is 22.9 Å². The van der Waals surface area contributed by atoms with Crippen molar-refractivity contribution in [3.63, 3.8) is 0 Å². The van der Waals surface area contributed by atoms with E-state index in [1.165, 1.54) is 30.4 Å². The normalized spacial score (nSPS) is 14.9. The highest BCUT2D eigenvalue weighted by Crippen LogP contribution is 2.43. The summed E-state index contributed by atoms with van der Waals surface area (Å²) in [6, 6.07) is 0. The number of hydrogen-bond acceptors (Lipinski definition) is 10. The summed E-state index contributed by atoms with van der Waals surface area (Å²) >= 11 is 0. The predicted octanol–water partition coefficient (Wildman–Crippen LogP) is 11.1. The number of esters is 2. The lowest BCUT2D eigenvalue weighted by molar-refractivity contribution is -0.870. The Balaban J connectivity index is 2.44. The van der Waals surface area contributed by atoms with Crippen LogP contribution in [0.4, 0.5) is 0 Å². The summed E-state index contributed by atoms with van der Waals surface area (Å²) in [4.78, 5) is 35.6. The Morgan fingerprint density at radius 1 is 0.667 bits per heavy atom. The van der Waals surface area contributed by atoms with Crippen LogP contribution in [0.2, 0.25) is 0 Å². The van der Waals surface area contributed by atoms with E-state index in [1.807, 2.05) is 33.3 Å². The van der Waals surface area contributed by atoms with Gasteiger partial charge in [0.15, 0.2) is 6.10 Å². The molecule has 0 radical (unpaired) electrons. The van der Waals surface area contributed by atoms with Crippen LogP contribution in [0.15, 0.2) is 53.0 Å². The first kappa shape index (κ1) is 58.2. The van der Waals surface area contributed by atoms with Crippen molar-refractivity contribution in [1.29, 1.82) is 0 Å². The largest absolute Gasteiger partial charge is 0.472 e. The molecule has 362 valence electrons. The maximum atomic E-state index is 12.8. The second-order valence-corrected chi connectivity index (χ2v) is 19.1. The molecule has 12 nitrogen and oxygen atoms in total. The Morgan fingerprint density at radius 2 is 1.19 bits per heavy atom. The smallest absolute Gasteiger partial charge is 0.466 e. The van der Waals surface area contributed by atoms with Crippen LogP contribution in [-0.4, -0.2) is 97.3 Å². The standard InChI is InChI=1S/C50H86NO11P/c1-8-10-12-13-14-15-16-17-18-21-24-28-32-45(52)46(53)33-31-37-49(54)58-40-44(41-60-63(56,57)59-39-38-51(5,6)7)61-50(55)36-30-26-23-20-19-22-25-29-35-48-43(4)42(3)47(62-48)34-27-11-9-2/h10,12,14-15,17-18,24,28,44-46,52-53H,8-9,11,13,16,19-23,25-27,29-41H2,1-7H3/p+1/b12-10-,15-14-,18-17-,28-24-/t44-,45+,46+/m1/s1. The zero-order valence-electron chi connectivity index (χ0n) is 40.2. The van der Waals surface area contributed by atoms with Gasteiger partial charge in [-0.2, -0.15) is 0 Å². The number of phosphoric acid groups is 1. The highest BCUT2D eigenvalue weighted by atomic mass is 31.2. The minimum atomic E-state index is -4.46. The molecule has 0 aromatic carbocycles. The summed E-state index contributed by atoms with van der Waals surface area (Å²) in [5.74, 6) is 1.19. The summed E-state index contributed by atoms with van der Waals surface area (Å²) in [6.45, 7) is 8.25. The number of quaternary nitrogens is 1. The van der Waals surface area contributed by atoms with Gasteiger partial charge in [0, 0.05) is 25.7 Å². The first-order chi connectivity index (χ1) is 30.1. The number of carbonyl (C=O) groups is 2. The van der Waals surface area contributed by atoms with E-state index in [9.17, 15) is 29.3 Å². The summed E-state index contributed by atoms with van der Waals surface area (Å²) in [6.07, 6.45) is 31.6. The average molecular weight is 909 g/mol. The highest BCUT2D eigenvalue weighted by Gasteiger charge is 2.27. The van der Waals surface area contributed by atoms with E-state index in [-0.39, 0.29) is 45.3 Å². The molecule has 1 heterocycles. The molecule has 0 fully saturated rings. The second-order valence-electron chi connectivity index (χ2n) is 17.7. The zero-order valence-corrected chi connectivity index (χ0v) is 41.1. The minimum Gasteiger partial charge on any atom is -0.466 e. The van der Waals surface area contributed by atoms with Crippen molar-refractivity contribution in [2.75, 3.05) is 47.5 Å². The van der Waals surface area contributed by atoms with Gasteiger partial charge in [0.1, 0.15) is 31.3 Å². The molecule has 1 unspecified atom stereocenters. The lowest BCUT2D eigenvalue weighted by Gasteiger charge is -2.24. The van der Waals surface area contributed by atoms with Crippen LogP contribution in [0, 0.1) is 13.8 Å². The maximum Gasteiger partial charge on any atom is 0.472 e. The molecule has 4 atom stereocenters. The monoisotopic (exact) mass is 909 g/mol. The molecule has 1 aromatic heterocycles. The fourth-order valence-electron chi connectivity index (χ4n) is 6.63. The van der Waals surface area contributed by atoms with Crippen molar-refractivity contribution >= 4 is 19.8 Å². The number of ether oxygens (including phenoxy) is 2. The van der Waals surface area contributed by atoms with Gasteiger partial charge < -0.3 is 33.5 Å². The van der Waals surface area contributed by atoms with Crippen molar-refractivity contribution in [2.24, 2.45) is 0 Å². The summed E-state index contributed by atoms with van der Waals surface area (Å²) < 4.78 is 40.4. The van der Waals surface area contributed by atoms with E-state index in [1.54, 1.807) is 0 Å². The second kappa shape index (κ2) is 35.4. The number of furan rings is 1. The number of hydrogen-bond donors (Lipinski definition) is 3. The highest BCUT2D eigenvalue weighted by molar-refractivity contribution is 7.47. The van der Waals surface area contributed by atoms with Crippen LogP contribution in [0.5, 0.6) is 0 Å². The number of aryl methyl sites for hydroxylation is 2. The van der Waals surface area contributed by atoms with E-state index in [0.717, 1.165) is 95.0 Å². The van der Waals surface area contributed by atoms with Gasteiger partial charge in [0.2, 0.25) is 0 Å². The SMILES string of the molecule is CC/C=C\C/C=C\C/C=C\C/C=C\C[C@H](O)[C@@H](O)CCCC(=O)OC[C@H](COP(=O)(O)OCC[N+](C)(C)C)OC(=O)CCCCCCCCCCc1oc(CCCCC)c(C)c1C. The van der Waals surface area contributed by atoms with Gasteiger partial charge in [-0.25, -0.2) is 4.57 Å². The lowest BCUT2D eigenvalue weighted by atomic mass is 10.0. The first-order valence-corrected chi connectivity index (χ1v) is 25.4. The quantitative estimate of drug-likeness (QED) is 0.0189. The Morgan fingerprint density at radius 3 is 1.76 bits per heavy atom. The third-order valence-corrected chi connectivity index (χ3v) is 11.8. The van der Waals surface area contributed by atoms with Gasteiger partial charge in [-0.1, -0.05) is 114 Å². The van der Waals surface area contributed by atoms with Gasteiger partial charge in [-0.15, -0.1) is 0 Å². The van der Waals surface area contributed by atoms with Crippen molar-refractivity contribution < 1.29 is 56.7 Å². The van der Waals surface area contributed by atoms with Crippen molar-refractivity contribution in [3.05, 3.63) is 71.3 Å². The third kappa shape index (κ3) is 31.6. The van der Waals surface area contributed by atoms with E-state index >= 15 is 0 Å². The van der Waals surface area contributed by atoms with Gasteiger partial charge in [-0.3, -0.25) is 18.6 Å². The summed E-state index contributed by atoms with van der Waals surface area (Å²) in [5.41, 5.74) is 2.62. The molecule has 0 amide bonds. The molecule has 1 rings (SSSR count). The van der Waals surface area contributed by atoms with Gasteiger partial charge in [0.25, 0.3) is 0 Å². The molecule has 0 saturated carbocycles. The van der Waals surface area contributed by atoms with Crippen LogP contribution >= 0.6 is 7.82 Å². The number of rotatable bonds is 39. The molecule has 0 bridgehead atoms. The molecule has 0 spiro atoms. The van der Waals surface area contributed by atoms with Crippen molar-refractivity contribution in [2.45, 2.75) is 187 Å². The summed E-state index contributed by atoms with van der Waals surface area (Å²) in [7, 11) is 1.29. The Kier molecular flexibility index (Phi) is 32.7. The number of allylic oxidation sites excluding steroid dienone is 7. The number of phosphoric ester groups is 1. The third-order valence-electron chi connectivity index (χ3n) is 10.8. The van der Waals surface area contributed by atoms with Crippen LogP contribution in [0.3, 0.4) is 0 Å². The predicted molar refractivity (Wildman–Crippen MR) is 253 cm³/mol. The average Bonchev–Trinajstić information content (AvgIpc) is 3.49. The van der Waals surface area contributed by atoms with Gasteiger partial charge in [0.05, 0.1) is 40.0 Å². The van der Waals surface area contributed by atoms with Crippen LogP contribution in [0.25, 0.3) is 0 Å². The van der Waals surface area contributed by atoms with Crippen molar-refractivity contribution in [1.82, 2.24) is 0 Å². The Labute approximate surface area is 381 Å². The summed E-state index contributed by atoms with van der Waals surface area (Å²) in [5, 5.41) is 20.8. The van der Waals surface area contributed by atoms with Crippen molar-refractivity contribution in [3.8, 4) is 0 Å².